The van der Waals surface area contributed by atoms with Crippen molar-refractivity contribution in [2.24, 2.45) is 5.10 Å². The van der Waals surface area contributed by atoms with Crippen LogP contribution >= 0.6 is 0 Å². The first-order valence-corrected chi connectivity index (χ1v) is 7.27. The van der Waals surface area contributed by atoms with Gasteiger partial charge in [-0.15, -0.1) is 0 Å². The molecule has 2 N–H and O–H groups in total. The normalized spacial score (nSPS) is 10.8. The summed E-state index contributed by atoms with van der Waals surface area (Å²) in [6.07, 6.45) is 1.59. The van der Waals surface area contributed by atoms with Crippen LogP contribution in [0.3, 0.4) is 0 Å². The molecule has 0 aliphatic carbocycles. The molecule has 0 saturated heterocycles. The van der Waals surface area contributed by atoms with E-state index in [0.29, 0.717) is 17.1 Å². The molecule has 0 spiro atoms. The number of rotatable bonds is 6. The first-order valence-electron chi connectivity index (χ1n) is 7.27. The number of aromatic nitrogens is 1. The zero-order valence-electron chi connectivity index (χ0n) is 13.4. The molecule has 7 nitrogen and oxygen atoms in total. The maximum atomic E-state index is 11.9. The van der Waals surface area contributed by atoms with Gasteiger partial charge in [0.15, 0.2) is 0 Å². The molecule has 1 aromatic carbocycles. The minimum absolute atomic E-state index is 0.0640. The molecule has 2 aromatic rings. The van der Waals surface area contributed by atoms with Crippen LogP contribution in [0.5, 0.6) is 5.75 Å². The van der Waals surface area contributed by atoms with Crippen LogP contribution in [0.25, 0.3) is 0 Å². The Morgan fingerprint density at radius 3 is 2.54 bits per heavy atom. The predicted molar refractivity (Wildman–Crippen MR) is 91.1 cm³/mol. The monoisotopic (exact) mass is 326 g/mol. The number of anilines is 1. The first kappa shape index (κ1) is 17.1. The van der Waals surface area contributed by atoms with Crippen LogP contribution in [0.15, 0.2) is 53.8 Å². The van der Waals surface area contributed by atoms with Crippen LogP contribution in [0, 0.1) is 0 Å². The van der Waals surface area contributed by atoms with Crippen LogP contribution in [-0.4, -0.2) is 29.6 Å². The molecule has 0 fully saturated rings. The van der Waals surface area contributed by atoms with Gasteiger partial charge in [-0.25, -0.2) is 5.43 Å². The van der Waals surface area contributed by atoms with Gasteiger partial charge in [-0.3, -0.25) is 14.6 Å². The van der Waals surface area contributed by atoms with Crippen molar-refractivity contribution >= 4 is 23.2 Å². The van der Waals surface area contributed by atoms with E-state index in [1.54, 1.807) is 56.5 Å². The van der Waals surface area contributed by atoms with Gasteiger partial charge in [0.25, 0.3) is 5.91 Å². The fraction of sp³-hybridized carbons (Fsp3) is 0.176. The summed E-state index contributed by atoms with van der Waals surface area (Å²) in [7, 11) is 1.58. The quantitative estimate of drug-likeness (QED) is 0.629. The Balaban J connectivity index is 1.85. The molecule has 24 heavy (non-hydrogen) atoms. The molecular weight excluding hydrogens is 308 g/mol. The predicted octanol–water partition coefficient (Wildman–Crippen LogP) is 2.22. The summed E-state index contributed by atoms with van der Waals surface area (Å²) in [6, 6.07) is 12.0. The first-order chi connectivity index (χ1) is 11.6. The number of amides is 2. The molecule has 2 rings (SSSR count). The molecule has 1 heterocycles. The minimum atomic E-state index is -0.425. The summed E-state index contributed by atoms with van der Waals surface area (Å²) in [4.78, 5) is 27.7. The minimum Gasteiger partial charge on any atom is -0.497 e. The molecule has 0 radical (unpaired) electrons. The van der Waals surface area contributed by atoms with E-state index in [4.69, 9.17) is 4.74 Å². The molecule has 0 bridgehead atoms. The Labute approximate surface area is 139 Å². The molecule has 0 aliphatic rings. The number of nitrogens with zero attached hydrogens (tertiary/aromatic N) is 2. The molecule has 124 valence electrons. The largest absolute Gasteiger partial charge is 0.497 e. The van der Waals surface area contributed by atoms with Crippen molar-refractivity contribution in [3.8, 4) is 5.75 Å². The van der Waals surface area contributed by atoms with Crippen molar-refractivity contribution in [1.82, 2.24) is 10.4 Å². The molecular formula is C17H18N4O3. The molecule has 0 aliphatic heterocycles. The van der Waals surface area contributed by atoms with Crippen molar-refractivity contribution in [2.45, 2.75) is 13.3 Å². The van der Waals surface area contributed by atoms with Gasteiger partial charge in [0.05, 0.1) is 13.5 Å². The SMILES string of the molecule is COc1ccc(NC(=O)CC(C)=NNC(=O)c2ccccn2)cc1. The number of benzene rings is 1. The van der Waals surface area contributed by atoms with Crippen molar-refractivity contribution in [3.63, 3.8) is 0 Å². The second-order valence-electron chi connectivity index (χ2n) is 4.96. The molecule has 2 amide bonds. The Morgan fingerprint density at radius 2 is 1.92 bits per heavy atom. The highest BCUT2D eigenvalue weighted by molar-refractivity contribution is 6.06. The third kappa shape index (κ3) is 5.20. The highest BCUT2D eigenvalue weighted by Crippen LogP contribution is 2.15. The molecule has 0 atom stereocenters. The Hall–Kier alpha value is -3.22. The molecule has 1 aromatic heterocycles. The zero-order valence-corrected chi connectivity index (χ0v) is 13.4. The number of pyridine rings is 1. The van der Waals surface area contributed by atoms with Crippen LogP contribution in [0.1, 0.15) is 23.8 Å². The lowest BCUT2D eigenvalue weighted by molar-refractivity contribution is -0.115. The van der Waals surface area contributed by atoms with E-state index < -0.39 is 5.91 Å². The standard InChI is InChI=1S/C17H18N4O3/c1-12(20-21-17(23)15-5-3-4-10-18-15)11-16(22)19-13-6-8-14(24-2)9-7-13/h3-10H,11H2,1-2H3,(H,19,22)(H,21,23). The lowest BCUT2D eigenvalue weighted by atomic mass is 10.2. The summed E-state index contributed by atoms with van der Waals surface area (Å²) >= 11 is 0. The Bertz CT molecular complexity index is 727. The average Bonchev–Trinajstić information content (AvgIpc) is 2.61. The number of ether oxygens (including phenoxy) is 1. The van der Waals surface area contributed by atoms with E-state index in [2.05, 4.69) is 20.8 Å². The van der Waals surface area contributed by atoms with E-state index in [9.17, 15) is 9.59 Å². The highest BCUT2D eigenvalue weighted by atomic mass is 16.5. The Kier molecular flexibility index (Phi) is 6.01. The van der Waals surface area contributed by atoms with Crippen LogP contribution < -0.4 is 15.5 Å². The smallest absolute Gasteiger partial charge is 0.289 e. The van der Waals surface area contributed by atoms with Gasteiger partial charge in [-0.2, -0.15) is 5.10 Å². The summed E-state index contributed by atoms with van der Waals surface area (Å²) in [5.74, 6) is 0.0574. The Morgan fingerprint density at radius 1 is 1.17 bits per heavy atom. The zero-order chi connectivity index (χ0) is 17.4. The van der Waals surface area contributed by atoms with E-state index in [0.717, 1.165) is 0 Å². The number of hydrogen-bond donors (Lipinski definition) is 2. The highest BCUT2D eigenvalue weighted by Gasteiger charge is 2.07. The van der Waals surface area contributed by atoms with Gasteiger partial charge >= 0.3 is 0 Å². The van der Waals surface area contributed by atoms with Crippen molar-refractivity contribution < 1.29 is 14.3 Å². The summed E-state index contributed by atoms with van der Waals surface area (Å²) in [6.45, 7) is 1.66. The van der Waals surface area contributed by atoms with Gasteiger partial charge in [-0.1, -0.05) is 6.07 Å². The van der Waals surface area contributed by atoms with E-state index in [1.807, 2.05) is 0 Å². The number of hydrazone groups is 1. The maximum Gasteiger partial charge on any atom is 0.289 e. The van der Waals surface area contributed by atoms with Gasteiger partial charge < -0.3 is 10.1 Å². The van der Waals surface area contributed by atoms with Crippen molar-refractivity contribution in [2.75, 3.05) is 12.4 Å². The van der Waals surface area contributed by atoms with Crippen LogP contribution in [0.2, 0.25) is 0 Å². The topological polar surface area (TPSA) is 92.7 Å². The van der Waals surface area contributed by atoms with Crippen LogP contribution in [0.4, 0.5) is 5.69 Å². The number of nitrogens with one attached hydrogen (secondary N) is 2. The molecule has 0 saturated carbocycles. The summed E-state index contributed by atoms with van der Waals surface area (Å²) < 4.78 is 5.05. The molecule has 7 heteroatoms. The van der Waals surface area contributed by atoms with E-state index >= 15 is 0 Å². The number of methoxy groups -OCH3 is 1. The van der Waals surface area contributed by atoms with Gasteiger partial charge in [0.2, 0.25) is 5.91 Å². The van der Waals surface area contributed by atoms with Gasteiger partial charge in [-0.05, 0) is 43.3 Å². The second-order valence-corrected chi connectivity index (χ2v) is 4.96. The summed E-state index contributed by atoms with van der Waals surface area (Å²) in [5, 5.41) is 6.65. The van der Waals surface area contributed by atoms with Crippen molar-refractivity contribution in [1.29, 1.82) is 0 Å². The number of carbonyl (C=O) groups excluding carboxylic acids is 2. The lowest BCUT2D eigenvalue weighted by Crippen LogP contribution is -2.22. The molecule has 0 unspecified atom stereocenters. The summed E-state index contributed by atoms with van der Waals surface area (Å²) in [5.41, 5.74) is 3.77. The maximum absolute atomic E-state index is 11.9. The second kappa shape index (κ2) is 8.42. The van der Waals surface area contributed by atoms with Gasteiger partial charge in [0.1, 0.15) is 11.4 Å². The average molecular weight is 326 g/mol. The van der Waals surface area contributed by atoms with E-state index in [-0.39, 0.29) is 18.0 Å². The van der Waals surface area contributed by atoms with Gasteiger partial charge in [0, 0.05) is 17.6 Å². The lowest BCUT2D eigenvalue weighted by Gasteiger charge is -2.06. The van der Waals surface area contributed by atoms with E-state index in [1.165, 1.54) is 6.20 Å². The number of hydrogen-bond acceptors (Lipinski definition) is 5. The number of carbonyl (C=O) groups is 2. The third-order valence-electron chi connectivity index (χ3n) is 3.04. The third-order valence-corrected chi connectivity index (χ3v) is 3.04. The van der Waals surface area contributed by atoms with Crippen LogP contribution in [-0.2, 0) is 4.79 Å². The fourth-order valence-corrected chi connectivity index (χ4v) is 1.85. The van der Waals surface area contributed by atoms with Crippen molar-refractivity contribution in [3.05, 3.63) is 54.4 Å². The fourth-order valence-electron chi connectivity index (χ4n) is 1.85.